The molecular formula is C90H74N10O10P2. The van der Waals surface area contributed by atoms with Gasteiger partial charge in [-0.1, -0.05) is 206 Å². The standard InChI is InChI=1S/C90H74N10O10P2/c1-55-51-105-87(91-55)69-35-17-21-43-73(69)97-83(101)77-47-59(48-78(95-77)84(102)98-74-44-22-18-36-70(74)88-92-56(2)52-106-88)65-39-25-41-67(81(65)109-111(61-27-9-5-10-28-61)62-29-11-6-12-30-62)68-42-26-40-66(82(68)110-112(63-31-13-7-14-32-63)64-33-15-8-16-34-64)60-49-79(85(103)99-75-45-23-19-37-71(75)89-93-57(3)53-107-89)96-80(50-60)86(104)100-76-46-24-20-38-72(76)90-94-58(4)54-108-90/h5-50,55-58H,51-54H2,1-4H3,(H,97,101)(H,98,102)(H,99,103)(H,100,104)/t55-,56-,57-,58-/m0/s1. The third-order valence-corrected chi connectivity index (χ3v) is 22.5. The third kappa shape index (κ3) is 16.1. The van der Waals surface area contributed by atoms with Gasteiger partial charge in [-0.15, -0.1) is 0 Å². The lowest BCUT2D eigenvalue weighted by molar-refractivity contribution is 0.0998. The molecule has 0 radical (unpaired) electrons. The van der Waals surface area contributed by atoms with E-state index < -0.39 is 39.9 Å². The molecule has 0 fully saturated rings. The van der Waals surface area contributed by atoms with Crippen LogP contribution in [0.1, 0.15) is 91.9 Å². The molecule has 6 heterocycles. The molecule has 4 aliphatic rings. The molecule has 4 amide bonds. The van der Waals surface area contributed by atoms with Crippen molar-refractivity contribution in [2.75, 3.05) is 47.7 Å². The number of rotatable bonds is 23. The molecule has 112 heavy (non-hydrogen) atoms. The first-order chi connectivity index (χ1) is 54.8. The summed E-state index contributed by atoms with van der Waals surface area (Å²) in [4.78, 5) is 90.4. The van der Waals surface area contributed by atoms with Gasteiger partial charge in [-0.3, -0.25) is 19.2 Å². The number of pyridine rings is 2. The van der Waals surface area contributed by atoms with Crippen molar-refractivity contribution >= 4 is 107 Å². The van der Waals surface area contributed by atoms with E-state index in [0.29, 0.717) is 140 Å². The van der Waals surface area contributed by atoms with Crippen LogP contribution in [0, 0.1) is 0 Å². The van der Waals surface area contributed by atoms with Crippen molar-refractivity contribution in [2.45, 2.75) is 51.9 Å². The van der Waals surface area contributed by atoms with Crippen molar-refractivity contribution in [3.8, 4) is 44.9 Å². The lowest BCUT2D eigenvalue weighted by atomic mass is 9.93. The maximum absolute atomic E-state index is 15.4. The minimum absolute atomic E-state index is 0.108. The number of anilines is 4. The molecule has 4 N–H and O–H groups in total. The molecule has 0 unspecified atom stereocenters. The van der Waals surface area contributed by atoms with Crippen molar-refractivity contribution in [2.24, 2.45) is 20.0 Å². The highest BCUT2D eigenvalue weighted by molar-refractivity contribution is 7.69. The minimum Gasteiger partial charge on any atom is -0.475 e. The molecule has 4 aliphatic heterocycles. The van der Waals surface area contributed by atoms with Gasteiger partial charge in [0.05, 0.1) is 69.2 Å². The number of amides is 4. The number of carbonyl (C=O) groups is 4. The zero-order valence-corrected chi connectivity index (χ0v) is 63.1. The maximum atomic E-state index is 15.4. The monoisotopic (exact) mass is 1520 g/mol. The van der Waals surface area contributed by atoms with Crippen LogP contribution in [0.5, 0.6) is 11.5 Å². The summed E-state index contributed by atoms with van der Waals surface area (Å²) in [5, 5.41) is 15.9. The number of hydrogen-bond donors (Lipinski definition) is 4. The van der Waals surface area contributed by atoms with Gasteiger partial charge in [0.15, 0.2) is 16.3 Å². The van der Waals surface area contributed by atoms with Crippen molar-refractivity contribution in [1.82, 2.24) is 9.97 Å². The fourth-order valence-electron chi connectivity index (χ4n) is 13.3. The average Bonchev–Trinajstić information content (AvgIpc) is 0.881. The Hall–Kier alpha value is -13.3. The van der Waals surface area contributed by atoms with Gasteiger partial charge in [-0.2, -0.15) is 0 Å². The SMILES string of the molecule is C[C@H]1COC(c2ccccc2NC(=O)c2cc(-c3cccc(-c4cccc(-c5cc(C(=O)Nc6ccccc6C6=N[C@@H](C)CO6)nc(C(=O)Nc6ccccc6C6=N[C@@H](C)CO6)c5)c4OP(c4ccccc4)c4ccccc4)c3OP(c3ccccc3)c3ccccc3)cc(C(=O)Nc3ccccc3C3=N[C@@H](C)CO3)n2)=N1. The first-order valence-electron chi connectivity index (χ1n) is 36.7. The van der Waals surface area contributed by atoms with Gasteiger partial charge in [-0.25, -0.2) is 29.9 Å². The fourth-order valence-corrected chi connectivity index (χ4v) is 16.8. The minimum atomic E-state index is -1.79. The molecule has 0 saturated carbocycles. The molecular weight excluding hydrogens is 1440 g/mol. The Labute approximate surface area is 649 Å². The second-order valence-electron chi connectivity index (χ2n) is 27.1. The summed E-state index contributed by atoms with van der Waals surface area (Å²) in [6.07, 6.45) is 0. The van der Waals surface area contributed by atoms with Crippen LogP contribution in [0.3, 0.4) is 0 Å². The molecule has 12 aromatic rings. The topological polar surface area (TPSA) is 247 Å². The number of nitrogens with one attached hydrogen (secondary N) is 4. The van der Waals surface area contributed by atoms with Crippen molar-refractivity contribution in [3.05, 3.63) is 324 Å². The van der Waals surface area contributed by atoms with Gasteiger partial charge in [0, 0.05) is 43.5 Å². The number of hydrogen-bond acceptors (Lipinski definition) is 16. The van der Waals surface area contributed by atoms with Crippen molar-refractivity contribution < 1.29 is 47.2 Å². The highest BCUT2D eigenvalue weighted by Gasteiger charge is 2.32. The van der Waals surface area contributed by atoms with E-state index in [-0.39, 0.29) is 46.9 Å². The lowest BCUT2D eigenvalue weighted by Gasteiger charge is -2.27. The van der Waals surface area contributed by atoms with Crippen LogP contribution in [0.4, 0.5) is 22.7 Å². The first kappa shape index (κ1) is 72.9. The van der Waals surface area contributed by atoms with Crippen LogP contribution < -0.4 is 51.5 Å². The molecule has 554 valence electrons. The summed E-state index contributed by atoms with van der Waals surface area (Å²) in [5.41, 5.74) is 6.07. The molecule has 10 aromatic carbocycles. The van der Waals surface area contributed by atoms with E-state index in [1.54, 1.807) is 72.8 Å². The van der Waals surface area contributed by atoms with Gasteiger partial charge in [-0.05, 0) is 112 Å². The number of aliphatic imine (C=N–C) groups is 4. The van der Waals surface area contributed by atoms with E-state index in [2.05, 4.69) is 21.3 Å². The normalized spacial score (nSPS) is 16.2. The van der Waals surface area contributed by atoms with Gasteiger partial charge < -0.3 is 49.3 Å². The molecule has 0 bridgehead atoms. The van der Waals surface area contributed by atoms with E-state index in [1.807, 2.05) is 234 Å². The zero-order chi connectivity index (χ0) is 76.6. The molecule has 4 atom stereocenters. The number of carbonyl (C=O) groups excluding carboxylic acids is 4. The maximum Gasteiger partial charge on any atom is 0.274 e. The quantitative estimate of drug-likeness (QED) is 0.0437. The number of aromatic nitrogens is 2. The van der Waals surface area contributed by atoms with E-state index >= 15 is 19.2 Å². The third-order valence-electron chi connectivity index (χ3n) is 18.7. The molecule has 0 aliphatic carbocycles. The Morgan fingerprint density at radius 3 is 0.759 bits per heavy atom. The molecule has 20 nitrogen and oxygen atoms in total. The van der Waals surface area contributed by atoms with Crippen molar-refractivity contribution in [3.63, 3.8) is 0 Å². The fraction of sp³-hybridized carbons (Fsp3) is 0.133. The molecule has 16 rings (SSSR count). The number of nitrogens with zero attached hydrogens (tertiary/aromatic N) is 6. The Bertz CT molecular complexity index is 5080. The van der Waals surface area contributed by atoms with Crippen LogP contribution in [-0.2, 0) is 18.9 Å². The summed E-state index contributed by atoms with van der Waals surface area (Å²) in [6, 6.07) is 86.2. The first-order valence-corrected chi connectivity index (χ1v) is 39.2. The second kappa shape index (κ2) is 32.9. The van der Waals surface area contributed by atoms with E-state index in [1.165, 1.54) is 0 Å². The van der Waals surface area contributed by atoms with Crippen LogP contribution in [-0.4, -0.2) is 108 Å². The zero-order valence-electron chi connectivity index (χ0n) is 61.4. The van der Waals surface area contributed by atoms with E-state index in [9.17, 15) is 0 Å². The lowest BCUT2D eigenvalue weighted by Crippen LogP contribution is -2.21. The van der Waals surface area contributed by atoms with Gasteiger partial charge in [0.1, 0.15) is 60.7 Å². The Morgan fingerprint density at radius 1 is 0.295 bits per heavy atom. The van der Waals surface area contributed by atoms with Crippen LogP contribution >= 0.6 is 16.3 Å². The summed E-state index contributed by atoms with van der Waals surface area (Å²) in [5.74, 6) is -0.401. The van der Waals surface area contributed by atoms with Crippen molar-refractivity contribution in [1.29, 1.82) is 0 Å². The van der Waals surface area contributed by atoms with Crippen LogP contribution in [0.15, 0.2) is 299 Å². The largest absolute Gasteiger partial charge is 0.475 e. The highest BCUT2D eigenvalue weighted by Crippen LogP contribution is 2.53. The molecule has 0 spiro atoms. The number of benzene rings is 10. The Balaban J connectivity index is 0.918. The average molecular weight is 1520 g/mol. The Morgan fingerprint density at radius 2 is 0.518 bits per heavy atom. The predicted molar refractivity (Wildman–Crippen MR) is 443 cm³/mol. The van der Waals surface area contributed by atoms with Gasteiger partial charge >= 0.3 is 0 Å². The second-order valence-corrected chi connectivity index (χ2v) is 30.7. The molecule has 2 aromatic heterocycles. The van der Waals surface area contributed by atoms with Gasteiger partial charge in [0.25, 0.3) is 23.6 Å². The van der Waals surface area contributed by atoms with Gasteiger partial charge in [0.2, 0.25) is 23.6 Å². The predicted octanol–water partition coefficient (Wildman–Crippen LogP) is 16.0. The summed E-state index contributed by atoms with van der Waals surface area (Å²) in [7, 11) is -3.57. The molecule has 0 saturated heterocycles. The van der Waals surface area contributed by atoms with E-state index in [0.717, 1.165) is 21.2 Å². The number of ether oxygens (including phenoxy) is 4. The Kier molecular flexibility index (Phi) is 21.4. The molecule has 22 heteroatoms. The van der Waals surface area contributed by atoms with E-state index in [4.69, 9.17) is 57.9 Å². The van der Waals surface area contributed by atoms with Crippen LogP contribution in [0.25, 0.3) is 33.4 Å². The number of para-hydroxylation sites is 6. The smallest absolute Gasteiger partial charge is 0.274 e. The summed E-state index contributed by atoms with van der Waals surface area (Å²) < 4.78 is 39.9. The highest BCUT2D eigenvalue weighted by atomic mass is 31.1. The summed E-state index contributed by atoms with van der Waals surface area (Å²) in [6.45, 7) is 9.29. The van der Waals surface area contributed by atoms with Crippen LogP contribution in [0.2, 0.25) is 0 Å². The summed E-state index contributed by atoms with van der Waals surface area (Å²) >= 11 is 0.